The Hall–Kier alpha value is 0.107. The number of hydrogen-bond donors (Lipinski definition) is 2. The molecular formula is C2H4N2O4Zn2. The number of carbonyl (C=O) groups is 2. The van der Waals surface area contributed by atoms with E-state index in [2.05, 4.69) is 8.95 Å². The van der Waals surface area contributed by atoms with Crippen molar-refractivity contribution in [1.82, 2.24) is 0 Å². The SMILES string of the molecule is O=C([O-])C(=O)[O-].[NH2][Zn+].[NH2][Zn+]. The summed E-state index contributed by atoms with van der Waals surface area (Å²) in [7, 11) is 0. The molecule has 0 aliphatic heterocycles. The monoisotopic (exact) mass is 248 g/mol. The first kappa shape index (κ1) is 16.6. The third kappa shape index (κ3) is 24.3. The van der Waals surface area contributed by atoms with E-state index in [1.807, 2.05) is 0 Å². The first-order valence-corrected chi connectivity index (χ1v) is 5.31. The zero-order valence-corrected chi connectivity index (χ0v) is 11.1. The molecule has 8 heteroatoms. The van der Waals surface area contributed by atoms with Crippen molar-refractivity contribution < 1.29 is 56.9 Å². The van der Waals surface area contributed by atoms with E-state index in [1.54, 1.807) is 0 Å². The van der Waals surface area contributed by atoms with Gasteiger partial charge >= 0.3 is 46.0 Å². The van der Waals surface area contributed by atoms with E-state index in [0.717, 1.165) is 37.1 Å². The van der Waals surface area contributed by atoms with Crippen LogP contribution in [0.1, 0.15) is 0 Å². The fraction of sp³-hybridized carbons (Fsp3) is 0. The van der Waals surface area contributed by atoms with Gasteiger partial charge in [-0.15, -0.1) is 0 Å². The van der Waals surface area contributed by atoms with Crippen molar-refractivity contribution in [2.24, 2.45) is 8.95 Å². The molecule has 0 saturated carbocycles. The molecule has 6 nitrogen and oxygen atoms in total. The quantitative estimate of drug-likeness (QED) is 0.328. The summed E-state index contributed by atoms with van der Waals surface area (Å²) < 4.78 is 9.25. The average Bonchev–Trinajstić information content (AvgIpc) is 1.96. The van der Waals surface area contributed by atoms with Gasteiger partial charge < -0.3 is 19.8 Å². The maximum absolute atomic E-state index is 8.93. The van der Waals surface area contributed by atoms with Crippen LogP contribution in [0.4, 0.5) is 0 Å². The molecule has 4 N–H and O–H groups in total. The zero-order valence-electron chi connectivity index (χ0n) is 5.20. The summed E-state index contributed by atoms with van der Waals surface area (Å²) in [5.41, 5.74) is 0. The first-order chi connectivity index (χ1) is 4.64. The molecule has 0 aromatic heterocycles. The van der Waals surface area contributed by atoms with Gasteiger partial charge in [-0.1, -0.05) is 0 Å². The van der Waals surface area contributed by atoms with Crippen LogP contribution in [0.25, 0.3) is 0 Å². The second-order valence-electron chi connectivity index (χ2n) is 0.575. The molecule has 0 aromatic rings. The van der Waals surface area contributed by atoms with Crippen molar-refractivity contribution in [3.8, 4) is 0 Å². The third-order valence-electron chi connectivity index (χ3n) is 0.167. The molecular weight excluding hydrogens is 247 g/mol. The van der Waals surface area contributed by atoms with Crippen LogP contribution in [0, 0.1) is 0 Å². The van der Waals surface area contributed by atoms with E-state index in [9.17, 15) is 0 Å². The number of rotatable bonds is 0. The van der Waals surface area contributed by atoms with Crippen molar-refractivity contribution in [3.05, 3.63) is 0 Å². The van der Waals surface area contributed by atoms with Gasteiger partial charge in [0, 0.05) is 0 Å². The Bertz CT molecular complexity index is 85.3. The van der Waals surface area contributed by atoms with Gasteiger partial charge in [0.2, 0.25) is 0 Å². The summed E-state index contributed by atoms with van der Waals surface area (Å²) >= 11 is 1.75. The molecule has 0 aromatic carbocycles. The van der Waals surface area contributed by atoms with Crippen LogP contribution < -0.4 is 19.2 Å². The number of nitrogens with two attached hydrogens (primary N) is 2. The standard InChI is InChI=1S/C2H2O4.2H2N.2Zn/c3-1(4)2(5)6;;;;/h(H,3,4)(H,5,6);2*1H2;;/q;2*-1;2*+2/p-2. The van der Waals surface area contributed by atoms with Crippen LogP contribution >= 0.6 is 0 Å². The van der Waals surface area contributed by atoms with E-state index in [1.165, 1.54) is 0 Å². The van der Waals surface area contributed by atoms with Crippen LogP contribution in [-0.4, -0.2) is 11.9 Å². The van der Waals surface area contributed by atoms with Gasteiger partial charge in [-0.25, -0.2) is 0 Å². The van der Waals surface area contributed by atoms with Crippen LogP contribution in [0.3, 0.4) is 0 Å². The van der Waals surface area contributed by atoms with Crippen LogP contribution in [0.15, 0.2) is 0 Å². The van der Waals surface area contributed by atoms with Gasteiger partial charge in [-0.05, 0) is 0 Å². The molecule has 0 saturated heterocycles. The molecule has 0 spiro atoms. The molecule has 50 valence electrons. The Labute approximate surface area is 77.8 Å². The number of carboxylic acid groups (broad SMARTS) is 2. The van der Waals surface area contributed by atoms with Gasteiger partial charge in [0.25, 0.3) is 0 Å². The van der Waals surface area contributed by atoms with Crippen molar-refractivity contribution >= 4 is 11.9 Å². The predicted octanol–water partition coefficient (Wildman–Crippen LogP) is -4.70. The van der Waals surface area contributed by atoms with Crippen LogP contribution in [0.2, 0.25) is 0 Å². The Balaban J connectivity index is -0.000000105. The van der Waals surface area contributed by atoms with Gasteiger partial charge in [0.15, 0.2) is 0 Å². The van der Waals surface area contributed by atoms with Crippen LogP contribution in [-0.2, 0) is 46.7 Å². The number of carbonyl (C=O) groups excluding carboxylic acids is 2. The minimum absolute atomic E-state index is 0.875. The molecule has 0 unspecified atom stereocenters. The van der Waals surface area contributed by atoms with Gasteiger partial charge in [0.1, 0.15) is 0 Å². The van der Waals surface area contributed by atoms with Gasteiger partial charge in [-0.3, -0.25) is 0 Å². The van der Waals surface area contributed by atoms with Crippen molar-refractivity contribution in [2.75, 3.05) is 0 Å². The topological polar surface area (TPSA) is 132 Å². The summed E-state index contributed by atoms with van der Waals surface area (Å²) in [4.78, 5) is 17.9. The summed E-state index contributed by atoms with van der Waals surface area (Å²) in [6.45, 7) is 0. The third-order valence-corrected chi connectivity index (χ3v) is 0.167. The van der Waals surface area contributed by atoms with Crippen molar-refractivity contribution in [2.45, 2.75) is 0 Å². The molecule has 0 amide bonds. The molecule has 0 heterocycles. The molecule has 0 bridgehead atoms. The molecule has 10 heavy (non-hydrogen) atoms. The average molecular weight is 251 g/mol. The maximum atomic E-state index is 8.93. The number of hydrogen-bond acceptors (Lipinski definition) is 6. The van der Waals surface area contributed by atoms with Crippen molar-refractivity contribution in [3.63, 3.8) is 0 Å². The molecule has 0 aliphatic rings. The number of carboxylic acids is 2. The Morgan fingerprint density at radius 3 is 1.00 bits per heavy atom. The van der Waals surface area contributed by atoms with E-state index < -0.39 is 11.9 Å². The van der Waals surface area contributed by atoms with E-state index >= 15 is 0 Å². The first-order valence-electron chi connectivity index (χ1n) is 1.88. The molecule has 0 atom stereocenters. The fourth-order valence-electron chi connectivity index (χ4n) is 0. The summed E-state index contributed by atoms with van der Waals surface area (Å²) in [5.74, 6) is -4.37. The Morgan fingerprint density at radius 1 is 0.900 bits per heavy atom. The second kappa shape index (κ2) is 16.0. The van der Waals surface area contributed by atoms with E-state index in [-0.39, 0.29) is 0 Å². The van der Waals surface area contributed by atoms with E-state index in [0.29, 0.717) is 0 Å². The summed E-state index contributed by atoms with van der Waals surface area (Å²) in [6, 6.07) is 0. The van der Waals surface area contributed by atoms with E-state index in [4.69, 9.17) is 19.8 Å². The van der Waals surface area contributed by atoms with Gasteiger partial charge in [-0.2, -0.15) is 0 Å². The Morgan fingerprint density at radius 2 is 1.00 bits per heavy atom. The molecule has 0 fully saturated rings. The fourth-order valence-corrected chi connectivity index (χ4v) is 0. The minimum atomic E-state index is -2.19. The zero-order chi connectivity index (χ0) is 9.15. The predicted molar refractivity (Wildman–Crippen MR) is 18.4 cm³/mol. The normalized spacial score (nSPS) is 5.80. The Kier molecular flexibility index (Phi) is 26.6. The van der Waals surface area contributed by atoms with Crippen LogP contribution in [0.5, 0.6) is 0 Å². The summed E-state index contributed by atoms with van der Waals surface area (Å²) in [5, 5.41) is 17.9. The number of aliphatic carboxylic acids is 2. The van der Waals surface area contributed by atoms with Gasteiger partial charge in [0.05, 0.1) is 11.9 Å². The molecule has 0 aliphatic carbocycles. The second-order valence-corrected chi connectivity index (χ2v) is 0.575. The summed E-state index contributed by atoms with van der Waals surface area (Å²) in [6.07, 6.45) is 0. The molecule has 0 radical (unpaired) electrons. The molecule has 0 rings (SSSR count). The van der Waals surface area contributed by atoms with Crippen molar-refractivity contribution in [1.29, 1.82) is 0 Å².